The molecule has 0 spiro atoms. The van der Waals surface area contributed by atoms with Crippen molar-refractivity contribution in [2.24, 2.45) is 11.8 Å². The molecule has 28 heavy (non-hydrogen) atoms. The maximum absolute atomic E-state index is 12.6. The van der Waals surface area contributed by atoms with Crippen molar-refractivity contribution >= 4 is 29.9 Å². The lowest BCUT2D eigenvalue weighted by molar-refractivity contribution is -0.117. The van der Waals surface area contributed by atoms with Crippen LogP contribution in [-0.4, -0.2) is 41.9 Å². The van der Waals surface area contributed by atoms with Gasteiger partial charge in [-0.05, 0) is 68.2 Å². The number of rotatable bonds is 3. The van der Waals surface area contributed by atoms with Gasteiger partial charge in [0.15, 0.2) is 0 Å². The van der Waals surface area contributed by atoms with Gasteiger partial charge >= 0.3 is 0 Å². The number of anilines is 1. The van der Waals surface area contributed by atoms with Crippen LogP contribution in [0.1, 0.15) is 62.2 Å². The number of carbonyl (C=O) groups is 2. The summed E-state index contributed by atoms with van der Waals surface area (Å²) < 4.78 is 0. The molecule has 2 N–H and O–H groups in total. The lowest BCUT2D eigenvalue weighted by Crippen LogP contribution is -2.40. The Morgan fingerprint density at radius 1 is 1.04 bits per heavy atom. The summed E-state index contributed by atoms with van der Waals surface area (Å²) in [6.07, 6.45) is 8.11. The Hall–Kier alpha value is -1.59. The van der Waals surface area contributed by atoms with Crippen LogP contribution in [0.15, 0.2) is 24.3 Å². The van der Waals surface area contributed by atoms with Crippen LogP contribution in [0.3, 0.4) is 0 Å². The zero-order chi connectivity index (χ0) is 18.8. The number of likely N-dealkylation sites (tertiary alicyclic amines) is 1. The quantitative estimate of drug-likeness (QED) is 0.803. The Morgan fingerprint density at radius 2 is 1.71 bits per heavy atom. The van der Waals surface area contributed by atoms with Crippen LogP contribution >= 0.6 is 12.4 Å². The zero-order valence-corrected chi connectivity index (χ0v) is 17.5. The fourth-order valence-corrected chi connectivity index (χ4v) is 4.84. The van der Waals surface area contributed by atoms with E-state index in [1.165, 1.54) is 25.7 Å². The summed E-state index contributed by atoms with van der Waals surface area (Å²) in [7, 11) is 0. The van der Waals surface area contributed by atoms with Gasteiger partial charge in [0.1, 0.15) is 0 Å². The molecule has 1 saturated carbocycles. The van der Waals surface area contributed by atoms with Gasteiger partial charge in [-0.15, -0.1) is 12.4 Å². The fourth-order valence-electron chi connectivity index (χ4n) is 4.84. The van der Waals surface area contributed by atoms with Gasteiger partial charge in [-0.2, -0.15) is 0 Å². The minimum atomic E-state index is -0.0882. The van der Waals surface area contributed by atoms with Gasteiger partial charge < -0.3 is 15.5 Å². The van der Waals surface area contributed by atoms with Crippen LogP contribution in [0.25, 0.3) is 0 Å². The summed E-state index contributed by atoms with van der Waals surface area (Å²) in [5, 5.41) is 6.53. The minimum absolute atomic E-state index is 0. The van der Waals surface area contributed by atoms with Gasteiger partial charge in [0.05, 0.1) is 6.04 Å². The van der Waals surface area contributed by atoms with Crippen LogP contribution in [-0.2, 0) is 4.79 Å². The monoisotopic (exact) mass is 405 g/mol. The van der Waals surface area contributed by atoms with Crippen molar-refractivity contribution in [3.8, 4) is 0 Å². The van der Waals surface area contributed by atoms with Crippen molar-refractivity contribution < 1.29 is 9.59 Å². The molecule has 4 rings (SSSR count). The van der Waals surface area contributed by atoms with E-state index >= 15 is 0 Å². The molecule has 0 radical (unpaired) electrons. The number of piperidine rings is 1. The summed E-state index contributed by atoms with van der Waals surface area (Å²) in [4.78, 5) is 27.2. The average molecular weight is 406 g/mol. The highest BCUT2D eigenvalue weighted by atomic mass is 35.5. The van der Waals surface area contributed by atoms with Gasteiger partial charge in [0.2, 0.25) is 5.91 Å². The number of nitrogens with zero attached hydrogens (tertiary/aromatic N) is 1. The number of nitrogens with one attached hydrogen (secondary N) is 2. The fraction of sp³-hybridized carbons (Fsp3) is 0.636. The number of hydrogen-bond donors (Lipinski definition) is 2. The second-order valence-corrected chi connectivity index (χ2v) is 8.65. The molecule has 3 aliphatic rings. The van der Waals surface area contributed by atoms with Crippen molar-refractivity contribution in [3.05, 3.63) is 29.8 Å². The lowest BCUT2D eigenvalue weighted by Gasteiger charge is -2.30. The normalized spacial score (nSPS) is 27.6. The van der Waals surface area contributed by atoms with Crippen LogP contribution < -0.4 is 10.6 Å². The van der Waals surface area contributed by atoms with Gasteiger partial charge in [-0.3, -0.25) is 9.59 Å². The van der Waals surface area contributed by atoms with Gasteiger partial charge in [-0.25, -0.2) is 0 Å². The van der Waals surface area contributed by atoms with Crippen molar-refractivity contribution in [1.29, 1.82) is 0 Å². The molecule has 0 bridgehead atoms. The number of fused-ring (bicyclic) bond motifs is 1. The average Bonchev–Trinajstić information content (AvgIpc) is 3.13. The Kier molecular flexibility index (Phi) is 7.00. The SMILES string of the molecule is CC1CCN(C(=O)c2ccc(NC(=O)C3CC4CCCCC4N3)cc2)CC1.Cl. The highest BCUT2D eigenvalue weighted by Crippen LogP contribution is 2.33. The number of carbonyl (C=O) groups excluding carboxylic acids is 2. The summed E-state index contributed by atoms with van der Waals surface area (Å²) >= 11 is 0. The predicted octanol–water partition coefficient (Wildman–Crippen LogP) is 3.84. The summed E-state index contributed by atoms with van der Waals surface area (Å²) in [5.41, 5.74) is 1.47. The molecule has 2 amide bonds. The van der Waals surface area contributed by atoms with Crippen molar-refractivity contribution in [1.82, 2.24) is 10.2 Å². The van der Waals surface area contributed by atoms with Crippen LogP contribution in [0.2, 0.25) is 0 Å². The van der Waals surface area contributed by atoms with Crippen LogP contribution in [0.5, 0.6) is 0 Å². The Balaban J connectivity index is 0.00000225. The van der Waals surface area contributed by atoms with Gasteiger partial charge in [-0.1, -0.05) is 19.8 Å². The molecule has 6 heteroatoms. The largest absolute Gasteiger partial charge is 0.339 e. The topological polar surface area (TPSA) is 61.4 Å². The molecule has 2 aliphatic heterocycles. The third-order valence-electron chi connectivity index (χ3n) is 6.65. The van der Waals surface area contributed by atoms with E-state index in [2.05, 4.69) is 17.6 Å². The van der Waals surface area contributed by atoms with Crippen molar-refractivity contribution in [3.63, 3.8) is 0 Å². The Bertz CT molecular complexity index is 672. The van der Waals surface area contributed by atoms with Crippen molar-refractivity contribution in [2.75, 3.05) is 18.4 Å². The second-order valence-electron chi connectivity index (χ2n) is 8.65. The molecule has 2 heterocycles. The number of halogens is 1. The van der Waals surface area contributed by atoms with Crippen LogP contribution in [0, 0.1) is 11.8 Å². The zero-order valence-electron chi connectivity index (χ0n) is 16.7. The van der Waals surface area contributed by atoms with E-state index in [1.54, 1.807) is 0 Å². The Labute approximate surface area is 174 Å². The molecule has 2 saturated heterocycles. The van der Waals surface area contributed by atoms with E-state index in [4.69, 9.17) is 0 Å². The summed E-state index contributed by atoms with van der Waals surface area (Å²) in [6, 6.07) is 7.78. The Morgan fingerprint density at radius 3 is 2.39 bits per heavy atom. The first-order valence-corrected chi connectivity index (χ1v) is 10.6. The highest BCUT2D eigenvalue weighted by Gasteiger charge is 2.38. The molecule has 3 atom stereocenters. The van der Waals surface area contributed by atoms with E-state index in [0.29, 0.717) is 23.4 Å². The van der Waals surface area contributed by atoms with Crippen LogP contribution in [0.4, 0.5) is 5.69 Å². The molecule has 3 unspecified atom stereocenters. The lowest BCUT2D eigenvalue weighted by atomic mass is 9.85. The molecule has 154 valence electrons. The van der Waals surface area contributed by atoms with E-state index in [9.17, 15) is 9.59 Å². The molecule has 3 fully saturated rings. The molecule has 5 nitrogen and oxygen atoms in total. The molecule has 1 aromatic carbocycles. The summed E-state index contributed by atoms with van der Waals surface area (Å²) in [5.74, 6) is 1.51. The van der Waals surface area contributed by atoms with Crippen molar-refractivity contribution in [2.45, 2.75) is 64.0 Å². The molecule has 1 aliphatic carbocycles. The maximum atomic E-state index is 12.6. The minimum Gasteiger partial charge on any atom is -0.339 e. The first-order chi connectivity index (χ1) is 13.1. The van der Waals surface area contributed by atoms with Gasteiger partial charge in [0, 0.05) is 30.4 Å². The molecular weight excluding hydrogens is 374 g/mol. The maximum Gasteiger partial charge on any atom is 0.253 e. The highest BCUT2D eigenvalue weighted by molar-refractivity contribution is 5.97. The standard InChI is InChI=1S/C22H31N3O2.ClH/c1-15-10-12-25(13-11-15)22(27)16-6-8-18(9-7-16)23-21(26)20-14-17-4-2-3-5-19(17)24-20;/h6-9,15,17,19-20,24H,2-5,10-14H2,1H3,(H,23,26);1H. The first kappa shape index (κ1) is 21.1. The third-order valence-corrected chi connectivity index (χ3v) is 6.65. The smallest absolute Gasteiger partial charge is 0.253 e. The second kappa shape index (κ2) is 9.27. The molecular formula is C22H32ClN3O2. The van der Waals surface area contributed by atoms with E-state index < -0.39 is 0 Å². The number of benzene rings is 1. The number of hydrogen-bond acceptors (Lipinski definition) is 3. The van der Waals surface area contributed by atoms with E-state index in [0.717, 1.165) is 38.0 Å². The first-order valence-electron chi connectivity index (χ1n) is 10.6. The van der Waals surface area contributed by atoms with Gasteiger partial charge in [0.25, 0.3) is 5.91 Å². The van der Waals surface area contributed by atoms with E-state index in [-0.39, 0.29) is 30.3 Å². The predicted molar refractivity (Wildman–Crippen MR) is 114 cm³/mol. The van der Waals surface area contributed by atoms with E-state index in [1.807, 2.05) is 29.2 Å². The molecule has 1 aromatic rings. The number of amides is 2. The summed E-state index contributed by atoms with van der Waals surface area (Å²) in [6.45, 7) is 3.93. The molecule has 0 aromatic heterocycles. The third kappa shape index (κ3) is 4.69.